The molecule has 2 aromatic heterocycles. The first-order chi connectivity index (χ1) is 62.2. The molecule has 5 aromatic rings. The summed E-state index contributed by atoms with van der Waals surface area (Å²) < 4.78 is 5.27. The Morgan fingerprint density at radius 3 is 1.66 bits per heavy atom. The van der Waals surface area contributed by atoms with Crippen molar-refractivity contribution in [3.63, 3.8) is 0 Å². The minimum absolute atomic E-state index is 0.121. The van der Waals surface area contributed by atoms with Crippen molar-refractivity contribution in [2.24, 2.45) is 34.4 Å². The number of carbonyl (C=O) groups is 20. The van der Waals surface area contributed by atoms with Crippen LogP contribution in [0.1, 0.15) is 120 Å². The molecule has 1 aliphatic heterocycles. The highest BCUT2D eigenvalue weighted by Crippen LogP contribution is 2.23. The zero-order chi connectivity index (χ0) is 96.6. The number of phenolic OH excluding ortho intramolecular Hbond substituents is 1. The average Bonchev–Trinajstić information content (AvgIpc) is 1.74. The van der Waals surface area contributed by atoms with Crippen molar-refractivity contribution in [3.05, 3.63) is 102 Å². The van der Waals surface area contributed by atoms with E-state index in [0.717, 1.165) is 13.8 Å². The van der Waals surface area contributed by atoms with E-state index >= 15 is 24.0 Å². The first kappa shape index (κ1) is 105. The number of para-hydroxylation sites is 2. The molecule has 49 nitrogen and oxygen atoms in total. The number of hydrogen-bond acceptors (Lipinski definition) is 25. The molecule has 49 heteroatoms. The van der Waals surface area contributed by atoms with Crippen molar-refractivity contribution >= 4 is 146 Å². The number of benzene rings is 3. The van der Waals surface area contributed by atoms with Gasteiger partial charge in [-0.1, -0.05) is 48.5 Å². The van der Waals surface area contributed by atoms with Gasteiger partial charge in [0.1, 0.15) is 84.9 Å². The number of aliphatic hydroxyl groups excluding tert-OH is 1. The number of carbonyl (C=O) groups excluding carboxylic acids is 19. The van der Waals surface area contributed by atoms with Crippen molar-refractivity contribution in [1.29, 1.82) is 5.41 Å². The molecular weight excluding hydrogens is 1720 g/mol. The number of aliphatic hydroxyl groups is 1. The molecule has 13 atom stereocenters. The van der Waals surface area contributed by atoms with Gasteiger partial charge in [0.25, 0.3) is 0 Å². The Hall–Kier alpha value is -14.9. The van der Waals surface area contributed by atoms with E-state index in [0.29, 0.717) is 52.3 Å². The summed E-state index contributed by atoms with van der Waals surface area (Å²) in [5.74, 6) is -23.1. The van der Waals surface area contributed by atoms with Crippen molar-refractivity contribution < 1.29 is 116 Å². The number of carboxylic acids is 1. The molecule has 1 saturated heterocycles. The summed E-state index contributed by atoms with van der Waals surface area (Å²) in [4.78, 5) is 282. The highest BCUT2D eigenvalue weighted by atomic mass is 16.5. The van der Waals surface area contributed by atoms with E-state index in [4.69, 9.17) is 44.5 Å². The Bertz CT molecular complexity index is 4930. The molecule has 19 amide bonds. The number of amides is 19. The summed E-state index contributed by atoms with van der Waals surface area (Å²) >= 11 is 0. The summed E-state index contributed by atoms with van der Waals surface area (Å²) in [5, 5.41) is 79.1. The number of aliphatic carboxylic acids is 1. The third-order valence-corrected chi connectivity index (χ3v) is 20.4. The number of aromatic nitrogens is 2. The summed E-state index contributed by atoms with van der Waals surface area (Å²) in [6.45, 7) is -0.153. The fourth-order valence-corrected chi connectivity index (χ4v) is 13.6. The lowest BCUT2D eigenvalue weighted by atomic mass is 10.0. The lowest BCUT2D eigenvalue weighted by Crippen LogP contribution is -2.62. The quantitative estimate of drug-likeness (QED) is 0.00977. The zero-order valence-electron chi connectivity index (χ0n) is 71.9. The second kappa shape index (κ2) is 53.0. The third kappa shape index (κ3) is 36.4. The zero-order valence-corrected chi connectivity index (χ0v) is 71.9. The molecular formula is C82H115N25O24. The number of carboxylic acid groups (broad SMARTS) is 1. The number of aromatic amines is 2. The lowest BCUT2D eigenvalue weighted by Gasteiger charge is -2.29. The largest absolute Gasteiger partial charge is 0.508 e. The van der Waals surface area contributed by atoms with Gasteiger partial charge >= 0.3 is 5.97 Å². The molecule has 1 aliphatic rings. The topological polar surface area (TPSA) is 815 Å². The number of aromatic hydroxyl groups is 1. The van der Waals surface area contributed by atoms with E-state index in [1.807, 2.05) is 0 Å². The number of guanidine groups is 1. The van der Waals surface area contributed by atoms with Crippen LogP contribution in [-0.2, 0) is 120 Å². The number of unbranched alkanes of at least 4 members (excludes halogenated alkanes) is 1. The van der Waals surface area contributed by atoms with Crippen LogP contribution < -0.4 is 119 Å². The number of primary amides is 4. The van der Waals surface area contributed by atoms with Gasteiger partial charge in [-0.25, -0.2) is 0 Å². The van der Waals surface area contributed by atoms with Gasteiger partial charge < -0.3 is 149 Å². The van der Waals surface area contributed by atoms with E-state index in [9.17, 15) is 87.2 Å². The van der Waals surface area contributed by atoms with Gasteiger partial charge in [0, 0.05) is 99.3 Å². The van der Waals surface area contributed by atoms with Crippen LogP contribution in [0.25, 0.3) is 21.8 Å². The highest BCUT2D eigenvalue weighted by Gasteiger charge is 2.40. The summed E-state index contributed by atoms with van der Waals surface area (Å²) in [6.07, 6.45) is -5.91. The van der Waals surface area contributed by atoms with Gasteiger partial charge in [-0.05, 0) is 112 Å². The molecule has 0 saturated carbocycles. The minimum atomic E-state index is -1.98. The number of rotatable bonds is 47. The Morgan fingerprint density at radius 1 is 0.542 bits per heavy atom. The Balaban J connectivity index is 1.36. The fourth-order valence-electron chi connectivity index (χ4n) is 13.6. The van der Waals surface area contributed by atoms with Crippen LogP contribution in [0, 0.1) is 5.41 Å². The highest BCUT2D eigenvalue weighted by molar-refractivity contribution is 6.02. The predicted molar refractivity (Wildman–Crippen MR) is 464 cm³/mol. The van der Waals surface area contributed by atoms with E-state index in [-0.39, 0.29) is 43.9 Å². The number of H-pyrrole nitrogens is 2. The number of fused-ring (bicyclic) bond motifs is 2. The van der Waals surface area contributed by atoms with Crippen LogP contribution in [0.2, 0.25) is 0 Å². The van der Waals surface area contributed by atoms with Crippen LogP contribution in [0.15, 0.2) is 85.2 Å². The Labute approximate surface area is 748 Å². The molecule has 0 radical (unpaired) electrons. The van der Waals surface area contributed by atoms with Crippen molar-refractivity contribution in [2.45, 2.75) is 202 Å². The number of hydrogen-bond donors (Lipinski definition) is 28. The van der Waals surface area contributed by atoms with Gasteiger partial charge in [-0.15, -0.1) is 0 Å². The first-order valence-corrected chi connectivity index (χ1v) is 41.9. The molecule has 0 bridgehead atoms. The molecule has 712 valence electrons. The molecule has 34 N–H and O–H groups in total. The van der Waals surface area contributed by atoms with E-state index in [1.165, 1.54) is 36.7 Å². The molecule has 131 heavy (non-hydrogen) atoms. The Kier molecular flexibility index (Phi) is 42.4. The summed E-state index contributed by atoms with van der Waals surface area (Å²) in [6, 6.07) is -3.00. The molecule has 3 heterocycles. The molecule has 0 aliphatic carbocycles. The normalized spacial score (nSPS) is 18.0. The van der Waals surface area contributed by atoms with Crippen molar-refractivity contribution in [3.8, 4) is 5.75 Å². The number of nitrogens with two attached hydrogens (primary N) is 6. The molecule has 6 rings (SSSR count). The predicted octanol–water partition coefficient (Wildman–Crippen LogP) is -9.09. The van der Waals surface area contributed by atoms with Crippen molar-refractivity contribution in [1.82, 2.24) is 95.0 Å². The SMILES string of the molecule is CC(=O)N[C@@H]1CC(=O)NCC[C@H](C(=O)N[C@@H](Cc2ccc(O)cc2)C(=O)N[C@@H](Cc2c[nH]c3ccccc23)C(=O)N[C@@H](CCCNC(=N)N)C(=O)N[C@@H](CCC(=O)O)C(=O)N[C@@H](CC(N)=O)C(=O)NCC(=O)NCCOCC(=O)N[C@H](CCCCN)C(N)=O)NC(=O)[C@H](CCC(N)=O)NC(=O)[C@H](Cc2c[nH]c3ccccc23)NC(=O)[C@H]([C@@H](C)O)NC(=O)[C@H](CCC(N)=O)NC1=O. The van der Waals surface area contributed by atoms with Gasteiger partial charge in [0.05, 0.1) is 32.1 Å². The Morgan fingerprint density at radius 2 is 1.08 bits per heavy atom. The number of nitrogens with one attached hydrogen (secondary N) is 19. The van der Waals surface area contributed by atoms with Crippen LogP contribution >= 0.6 is 0 Å². The van der Waals surface area contributed by atoms with Crippen molar-refractivity contribution in [2.75, 3.05) is 45.9 Å². The van der Waals surface area contributed by atoms with Gasteiger partial charge in [-0.3, -0.25) is 101 Å². The van der Waals surface area contributed by atoms with E-state index < -0.39 is 306 Å². The maximum atomic E-state index is 15.6. The molecule has 1 fully saturated rings. The molecule has 0 spiro atoms. The second-order valence-corrected chi connectivity index (χ2v) is 30.9. The fraction of sp³-hybridized carbons (Fsp3) is 0.476. The number of phenols is 1. The maximum Gasteiger partial charge on any atom is 0.303 e. The van der Waals surface area contributed by atoms with E-state index in [1.54, 1.807) is 48.5 Å². The van der Waals surface area contributed by atoms with Crippen LogP contribution in [0.4, 0.5) is 0 Å². The smallest absolute Gasteiger partial charge is 0.303 e. The van der Waals surface area contributed by atoms with Gasteiger partial charge in [0.2, 0.25) is 112 Å². The average molecular weight is 1830 g/mol. The monoisotopic (exact) mass is 1830 g/mol. The number of ether oxygens (including phenoxy) is 1. The summed E-state index contributed by atoms with van der Waals surface area (Å²) in [5.41, 5.74) is 35.0. The van der Waals surface area contributed by atoms with E-state index in [2.05, 4.69) is 95.0 Å². The lowest BCUT2D eigenvalue weighted by molar-refractivity contribution is -0.139. The first-order valence-electron chi connectivity index (χ1n) is 41.9. The van der Waals surface area contributed by atoms with Gasteiger partial charge in [-0.2, -0.15) is 0 Å². The maximum absolute atomic E-state index is 15.6. The van der Waals surface area contributed by atoms with Gasteiger partial charge in [0.15, 0.2) is 5.96 Å². The van der Waals surface area contributed by atoms with Crippen LogP contribution in [0.3, 0.4) is 0 Å². The van der Waals surface area contributed by atoms with Crippen LogP contribution in [-0.4, -0.2) is 274 Å². The molecule has 0 unspecified atom stereocenters. The van der Waals surface area contributed by atoms with Crippen LogP contribution in [0.5, 0.6) is 5.75 Å². The molecule has 3 aromatic carbocycles. The second-order valence-electron chi connectivity index (χ2n) is 30.9. The standard InChI is InChI=1S/C82H115N25O24/c1-41(108)69-81(130)106-59(34-45-38-94-50-13-6-4-11-48(45)50)79(128)100-53(20-23-62(84)111)73(122)102-56(26-29-90-65(114)36-61(96-42(2)109)80(129)101-54(76(125)107-69)21-24-63(85)112)75(124)103-57(32-43-16-18-46(110)19-17-43)77(126)104-58(33-44-37-93-49-12-5-3-10-47(44)49)78(127)98-52(15-9-28-92-82(88)89)72(121)99-55(22-25-68(117)118)74(123)105-60(35-64(86)113)71(120)95-39-66(115)91-30-31-131-40-67(116)97-51(70(87)119)14-7-8-27-83/h3-6,10-13,16-19,37-38,41,51-61,69,93-94,108,110H,7-9,14-15,20-36,39-40,83H2,1-2H3,(H2,84,111)(H2,85,112)(H2,86,113)(H2,87,119)(H,90,114)(H,91,115)(H,95,120)(H,96,109)(H,97,116)(H,98,127)(H,99,121)(H,100,128)(H,101,129)(H,102,122)(H,103,124)(H,104,126)(H,105,123)(H,106,130)(H,107,125)(H,117,118)(H4,88,89,92)/t41-,51-,52+,53+,54+,55+,56-,57+,58+,59+,60+,61-,69+/m1/s1. The summed E-state index contributed by atoms with van der Waals surface area (Å²) in [7, 11) is 0. The minimum Gasteiger partial charge on any atom is -0.508 e. The third-order valence-electron chi connectivity index (χ3n) is 20.4.